The topological polar surface area (TPSA) is 59.2 Å². The Kier molecular flexibility index (Phi) is 4.87. The Bertz CT molecular complexity index is 609. The molecule has 0 radical (unpaired) electrons. The van der Waals surface area contributed by atoms with Gasteiger partial charge in [0.1, 0.15) is 0 Å². The second-order valence-electron chi connectivity index (χ2n) is 5.66. The number of nitrogens with zero attached hydrogens (tertiary/aromatic N) is 3. The largest absolute Gasteiger partial charge is 0.339 e. The van der Waals surface area contributed by atoms with E-state index < -0.39 is 0 Å². The van der Waals surface area contributed by atoms with E-state index in [4.69, 9.17) is 4.52 Å². The summed E-state index contributed by atoms with van der Waals surface area (Å²) in [5.74, 6) is 1.49. The van der Waals surface area contributed by atoms with Crippen LogP contribution in [-0.4, -0.2) is 27.5 Å². The molecule has 0 N–H and O–H groups in total. The van der Waals surface area contributed by atoms with Crippen molar-refractivity contribution >= 4 is 17.2 Å². The summed E-state index contributed by atoms with van der Waals surface area (Å²) in [6.45, 7) is 2.93. The van der Waals surface area contributed by atoms with Crippen LogP contribution in [0.3, 0.4) is 0 Å². The lowest BCUT2D eigenvalue weighted by molar-refractivity contribution is -0.132. The van der Waals surface area contributed by atoms with Crippen LogP contribution in [0.15, 0.2) is 21.3 Å². The van der Waals surface area contributed by atoms with E-state index in [1.54, 1.807) is 11.3 Å². The van der Waals surface area contributed by atoms with E-state index in [-0.39, 0.29) is 11.9 Å². The highest BCUT2D eigenvalue weighted by molar-refractivity contribution is 7.07. The van der Waals surface area contributed by atoms with Gasteiger partial charge in [-0.15, -0.1) is 0 Å². The quantitative estimate of drug-likeness (QED) is 0.819. The molecular formula is C16H21N3O2S. The van der Waals surface area contributed by atoms with Crippen molar-refractivity contribution in [1.29, 1.82) is 0 Å². The number of hydrogen-bond acceptors (Lipinski definition) is 5. The SMILES string of the molecule is CCCc1noc(CCC(=O)N2CCC[C@H]2c2ccsc2)n1. The van der Waals surface area contributed by atoms with Crippen molar-refractivity contribution in [3.8, 4) is 0 Å². The molecule has 3 rings (SSSR count). The molecule has 0 spiro atoms. The summed E-state index contributed by atoms with van der Waals surface area (Å²) in [5, 5.41) is 8.14. The molecule has 3 heterocycles. The molecule has 118 valence electrons. The normalized spacial score (nSPS) is 18.0. The predicted octanol–water partition coefficient (Wildman–Crippen LogP) is 3.38. The fourth-order valence-corrected chi connectivity index (χ4v) is 3.66. The maximum Gasteiger partial charge on any atom is 0.227 e. The van der Waals surface area contributed by atoms with Crippen LogP contribution in [0.5, 0.6) is 0 Å². The van der Waals surface area contributed by atoms with E-state index in [9.17, 15) is 4.79 Å². The third kappa shape index (κ3) is 3.38. The van der Waals surface area contributed by atoms with Crippen LogP contribution >= 0.6 is 11.3 Å². The van der Waals surface area contributed by atoms with Crippen molar-refractivity contribution in [2.24, 2.45) is 0 Å². The molecule has 0 unspecified atom stereocenters. The molecule has 5 nitrogen and oxygen atoms in total. The minimum absolute atomic E-state index is 0.184. The molecule has 0 saturated carbocycles. The predicted molar refractivity (Wildman–Crippen MR) is 84.6 cm³/mol. The Balaban J connectivity index is 1.56. The first-order valence-corrected chi connectivity index (χ1v) is 8.85. The molecule has 1 aliphatic heterocycles. The zero-order valence-electron chi connectivity index (χ0n) is 12.8. The van der Waals surface area contributed by atoms with Crippen LogP contribution in [0.1, 0.15) is 55.9 Å². The number of aryl methyl sites for hydroxylation is 2. The average molecular weight is 319 g/mol. The first-order chi connectivity index (χ1) is 10.8. The van der Waals surface area contributed by atoms with E-state index in [0.717, 1.165) is 38.1 Å². The van der Waals surface area contributed by atoms with Crippen LogP contribution in [0.4, 0.5) is 0 Å². The summed E-state index contributed by atoms with van der Waals surface area (Å²) in [5.41, 5.74) is 1.26. The molecule has 0 aromatic carbocycles. The van der Waals surface area contributed by atoms with Gasteiger partial charge in [0.15, 0.2) is 5.82 Å². The molecule has 1 fully saturated rings. The number of thiophene rings is 1. The van der Waals surface area contributed by atoms with Gasteiger partial charge in [0.05, 0.1) is 6.04 Å². The molecule has 22 heavy (non-hydrogen) atoms. The zero-order valence-corrected chi connectivity index (χ0v) is 13.6. The number of likely N-dealkylation sites (tertiary alicyclic amines) is 1. The van der Waals surface area contributed by atoms with Crippen molar-refractivity contribution in [3.05, 3.63) is 34.1 Å². The van der Waals surface area contributed by atoms with Crippen LogP contribution in [0.2, 0.25) is 0 Å². The Morgan fingerprint density at radius 1 is 1.50 bits per heavy atom. The van der Waals surface area contributed by atoms with Gasteiger partial charge in [-0.05, 0) is 41.7 Å². The van der Waals surface area contributed by atoms with E-state index >= 15 is 0 Å². The fraction of sp³-hybridized carbons (Fsp3) is 0.562. The lowest BCUT2D eigenvalue weighted by atomic mass is 10.1. The molecule has 2 aromatic rings. The van der Waals surface area contributed by atoms with Crippen molar-refractivity contribution in [2.45, 2.75) is 51.5 Å². The number of aromatic nitrogens is 2. The third-order valence-electron chi connectivity index (χ3n) is 4.04. The van der Waals surface area contributed by atoms with Gasteiger partial charge >= 0.3 is 0 Å². The lowest BCUT2D eigenvalue weighted by Crippen LogP contribution is -2.30. The highest BCUT2D eigenvalue weighted by Gasteiger charge is 2.29. The van der Waals surface area contributed by atoms with Crippen molar-refractivity contribution in [2.75, 3.05) is 6.54 Å². The van der Waals surface area contributed by atoms with Crippen LogP contribution in [0, 0.1) is 0 Å². The summed E-state index contributed by atoms with van der Waals surface area (Å²) in [6.07, 6.45) is 4.92. The van der Waals surface area contributed by atoms with Gasteiger partial charge in [0, 0.05) is 25.8 Å². The molecule has 1 aliphatic rings. The standard InChI is InChI=1S/C16H21N3O2S/c1-2-4-14-17-15(21-18-14)6-7-16(20)19-9-3-5-13(19)12-8-10-22-11-12/h8,10-11,13H,2-7,9H2,1H3/t13-/m0/s1. The highest BCUT2D eigenvalue weighted by atomic mass is 32.1. The maximum atomic E-state index is 12.5. The van der Waals surface area contributed by atoms with Crippen molar-refractivity contribution in [1.82, 2.24) is 15.0 Å². The van der Waals surface area contributed by atoms with E-state index in [0.29, 0.717) is 18.7 Å². The number of amides is 1. The first-order valence-electron chi connectivity index (χ1n) is 7.91. The monoisotopic (exact) mass is 319 g/mol. The summed E-state index contributed by atoms with van der Waals surface area (Å²) in [7, 11) is 0. The van der Waals surface area contributed by atoms with Gasteiger partial charge in [-0.3, -0.25) is 4.79 Å². The van der Waals surface area contributed by atoms with Gasteiger partial charge in [-0.25, -0.2) is 0 Å². The number of rotatable bonds is 6. The van der Waals surface area contributed by atoms with Gasteiger partial charge in [-0.2, -0.15) is 16.3 Å². The molecule has 1 saturated heterocycles. The van der Waals surface area contributed by atoms with E-state index in [1.807, 2.05) is 4.90 Å². The Morgan fingerprint density at radius 2 is 2.41 bits per heavy atom. The molecule has 6 heteroatoms. The summed E-state index contributed by atoms with van der Waals surface area (Å²) in [4.78, 5) is 18.8. The van der Waals surface area contributed by atoms with Crippen LogP contribution < -0.4 is 0 Å². The number of carbonyl (C=O) groups excluding carboxylic acids is 1. The van der Waals surface area contributed by atoms with E-state index in [1.165, 1.54) is 5.56 Å². The van der Waals surface area contributed by atoms with Crippen molar-refractivity contribution in [3.63, 3.8) is 0 Å². The number of carbonyl (C=O) groups is 1. The molecule has 2 aromatic heterocycles. The van der Waals surface area contributed by atoms with Crippen molar-refractivity contribution < 1.29 is 9.32 Å². The first kappa shape index (κ1) is 15.2. The Hall–Kier alpha value is -1.69. The minimum atomic E-state index is 0.184. The van der Waals surface area contributed by atoms with Gasteiger partial charge < -0.3 is 9.42 Å². The molecule has 0 bridgehead atoms. The Labute approximate surface area is 134 Å². The van der Waals surface area contributed by atoms with Gasteiger partial charge in [0.25, 0.3) is 0 Å². The molecular weight excluding hydrogens is 298 g/mol. The summed E-state index contributed by atoms with van der Waals surface area (Å²) < 4.78 is 5.20. The van der Waals surface area contributed by atoms with Gasteiger partial charge in [0.2, 0.25) is 11.8 Å². The zero-order chi connectivity index (χ0) is 15.4. The molecule has 1 amide bonds. The van der Waals surface area contributed by atoms with Crippen LogP contribution in [-0.2, 0) is 17.6 Å². The van der Waals surface area contributed by atoms with E-state index in [2.05, 4.69) is 33.9 Å². The third-order valence-corrected chi connectivity index (χ3v) is 4.74. The fourth-order valence-electron chi connectivity index (χ4n) is 2.95. The Morgan fingerprint density at radius 3 is 3.18 bits per heavy atom. The average Bonchev–Trinajstić information content (AvgIpc) is 3.25. The number of hydrogen-bond donors (Lipinski definition) is 0. The second kappa shape index (κ2) is 7.05. The van der Waals surface area contributed by atoms with Gasteiger partial charge in [-0.1, -0.05) is 12.1 Å². The highest BCUT2D eigenvalue weighted by Crippen LogP contribution is 2.33. The smallest absolute Gasteiger partial charge is 0.227 e. The summed E-state index contributed by atoms with van der Waals surface area (Å²) in [6, 6.07) is 2.37. The molecule has 0 aliphatic carbocycles. The second-order valence-corrected chi connectivity index (χ2v) is 6.44. The lowest BCUT2D eigenvalue weighted by Gasteiger charge is -2.24. The minimum Gasteiger partial charge on any atom is -0.339 e. The maximum absolute atomic E-state index is 12.5. The molecule has 1 atom stereocenters. The summed E-state index contributed by atoms with van der Waals surface area (Å²) >= 11 is 1.69. The van der Waals surface area contributed by atoms with Crippen LogP contribution in [0.25, 0.3) is 0 Å².